The molecule has 10 heteroatoms. The van der Waals surface area contributed by atoms with E-state index in [1.54, 1.807) is 7.05 Å². The highest BCUT2D eigenvalue weighted by atomic mass is 31.2. The van der Waals surface area contributed by atoms with Crippen molar-refractivity contribution < 1.29 is 37.6 Å². The van der Waals surface area contributed by atoms with Gasteiger partial charge in [-0.15, -0.1) is 0 Å². The molecule has 2 atom stereocenters. The Bertz CT molecular complexity index is 944. The van der Waals surface area contributed by atoms with Gasteiger partial charge in [0, 0.05) is 19.4 Å². The predicted molar refractivity (Wildman–Crippen MR) is 225 cm³/mol. The van der Waals surface area contributed by atoms with E-state index in [9.17, 15) is 19.0 Å². The van der Waals surface area contributed by atoms with Crippen molar-refractivity contribution >= 4 is 19.8 Å². The summed E-state index contributed by atoms with van der Waals surface area (Å²) in [5, 5.41) is 2.82. The smallest absolute Gasteiger partial charge is 0.462 e. The van der Waals surface area contributed by atoms with Crippen molar-refractivity contribution in [2.75, 3.05) is 33.4 Å². The largest absolute Gasteiger partial charge is 0.472 e. The van der Waals surface area contributed by atoms with E-state index in [1.807, 2.05) is 0 Å². The molecular weight excluding hydrogens is 701 g/mol. The van der Waals surface area contributed by atoms with E-state index in [0.29, 0.717) is 13.0 Å². The SMILES string of the molecule is CCCCC/C=C\C/C=C\CCCCCCCC(=O)OC(COC(=O)CCCCCCCCCCCCCCCCCCC)COP(=O)(O)OCCNC. The monoisotopic (exact) mass is 786 g/mol. The lowest BCUT2D eigenvalue weighted by Crippen LogP contribution is -2.29. The van der Waals surface area contributed by atoms with Crippen molar-refractivity contribution in [1.29, 1.82) is 0 Å². The summed E-state index contributed by atoms with van der Waals surface area (Å²) >= 11 is 0. The molecule has 2 N–H and O–H groups in total. The lowest BCUT2D eigenvalue weighted by atomic mass is 10.0. The first-order valence-electron chi connectivity index (χ1n) is 22.3. The normalized spacial score (nSPS) is 13.5. The van der Waals surface area contributed by atoms with E-state index in [2.05, 4.69) is 43.5 Å². The molecular formula is C44H84NO8P. The topological polar surface area (TPSA) is 120 Å². The van der Waals surface area contributed by atoms with Gasteiger partial charge in [0.15, 0.2) is 6.10 Å². The third-order valence-corrected chi connectivity index (χ3v) is 10.6. The number of esters is 2. The maximum atomic E-state index is 12.6. The molecule has 0 heterocycles. The zero-order valence-electron chi connectivity index (χ0n) is 35.2. The number of unbranched alkanes of at least 4 members (excludes halogenated alkanes) is 24. The summed E-state index contributed by atoms with van der Waals surface area (Å²) < 4.78 is 33.2. The minimum absolute atomic E-state index is 0.0180. The van der Waals surface area contributed by atoms with Gasteiger partial charge in [0.1, 0.15) is 6.61 Å². The fourth-order valence-electron chi connectivity index (χ4n) is 6.17. The van der Waals surface area contributed by atoms with Crippen LogP contribution in [-0.4, -0.2) is 56.3 Å². The molecule has 0 aromatic carbocycles. The second-order valence-corrected chi connectivity index (χ2v) is 16.3. The molecule has 0 radical (unpaired) electrons. The Morgan fingerprint density at radius 3 is 1.50 bits per heavy atom. The number of hydrogen-bond donors (Lipinski definition) is 2. The van der Waals surface area contributed by atoms with Crippen molar-refractivity contribution in [3.05, 3.63) is 24.3 Å². The quantitative estimate of drug-likeness (QED) is 0.0270. The van der Waals surface area contributed by atoms with Crippen molar-refractivity contribution in [2.24, 2.45) is 0 Å². The number of rotatable bonds is 42. The molecule has 0 aliphatic heterocycles. The van der Waals surface area contributed by atoms with Gasteiger partial charge in [-0.05, 0) is 52.0 Å². The van der Waals surface area contributed by atoms with Crippen LogP contribution in [0.2, 0.25) is 0 Å². The first kappa shape index (κ1) is 52.5. The Labute approximate surface area is 332 Å². The Kier molecular flexibility index (Phi) is 40.0. The second-order valence-electron chi connectivity index (χ2n) is 14.9. The maximum Gasteiger partial charge on any atom is 0.472 e. The lowest BCUT2D eigenvalue weighted by molar-refractivity contribution is -0.161. The predicted octanol–water partition coefficient (Wildman–Crippen LogP) is 12.6. The fraction of sp³-hybridized carbons (Fsp3) is 0.864. The van der Waals surface area contributed by atoms with Gasteiger partial charge in [0.05, 0.1) is 13.2 Å². The highest BCUT2D eigenvalue weighted by molar-refractivity contribution is 7.47. The van der Waals surface area contributed by atoms with Crippen molar-refractivity contribution in [3.63, 3.8) is 0 Å². The van der Waals surface area contributed by atoms with Crippen LogP contribution in [0.25, 0.3) is 0 Å². The number of allylic oxidation sites excluding steroid dienone is 4. The summed E-state index contributed by atoms with van der Waals surface area (Å²) in [6.07, 6.45) is 42.2. The summed E-state index contributed by atoms with van der Waals surface area (Å²) in [6.45, 7) is 4.20. The maximum absolute atomic E-state index is 12.6. The van der Waals surface area contributed by atoms with Crippen LogP contribution in [-0.2, 0) is 32.7 Å². The molecule has 9 nitrogen and oxygen atoms in total. The van der Waals surface area contributed by atoms with Crippen molar-refractivity contribution in [3.8, 4) is 0 Å². The minimum atomic E-state index is -4.35. The van der Waals surface area contributed by atoms with E-state index in [0.717, 1.165) is 57.8 Å². The van der Waals surface area contributed by atoms with Gasteiger partial charge in [0.25, 0.3) is 0 Å². The Morgan fingerprint density at radius 2 is 1.00 bits per heavy atom. The van der Waals surface area contributed by atoms with Gasteiger partial charge in [-0.2, -0.15) is 0 Å². The van der Waals surface area contributed by atoms with Crippen molar-refractivity contribution in [1.82, 2.24) is 5.32 Å². The van der Waals surface area contributed by atoms with Crippen LogP contribution in [0, 0.1) is 0 Å². The number of ether oxygens (including phenoxy) is 2. The minimum Gasteiger partial charge on any atom is -0.462 e. The fourth-order valence-corrected chi connectivity index (χ4v) is 6.92. The number of carbonyl (C=O) groups is 2. The molecule has 0 fully saturated rings. The molecule has 0 saturated carbocycles. The number of carbonyl (C=O) groups excluding carboxylic acids is 2. The summed E-state index contributed by atoms with van der Waals surface area (Å²) in [5.74, 6) is -0.814. The number of hydrogen-bond acceptors (Lipinski definition) is 8. The molecule has 0 rings (SSSR count). The molecule has 54 heavy (non-hydrogen) atoms. The Hall–Kier alpha value is -1.51. The highest BCUT2D eigenvalue weighted by Gasteiger charge is 2.26. The number of phosphoric acid groups is 1. The standard InChI is InChI=1S/C44H84NO8P/c1-4-6-8-10-12-14-16-18-20-21-23-24-26-28-30-32-34-36-43(46)50-40-42(41-52-54(48,49)51-39-38-45-3)53-44(47)37-35-33-31-29-27-25-22-19-17-15-13-11-9-7-5-2/h13,15,19,22,42,45H,4-12,14,16-18,20-21,23-41H2,1-3H3,(H,48,49)/b15-13-,22-19-. The average molecular weight is 786 g/mol. The van der Waals surface area contributed by atoms with E-state index >= 15 is 0 Å². The molecule has 0 saturated heterocycles. The van der Waals surface area contributed by atoms with E-state index in [-0.39, 0.29) is 32.0 Å². The van der Waals surface area contributed by atoms with E-state index in [4.69, 9.17) is 18.5 Å². The van der Waals surface area contributed by atoms with Gasteiger partial charge >= 0.3 is 19.8 Å². The summed E-state index contributed by atoms with van der Waals surface area (Å²) in [4.78, 5) is 35.1. The zero-order chi connectivity index (χ0) is 39.6. The molecule has 0 amide bonds. The van der Waals surface area contributed by atoms with Crippen LogP contribution >= 0.6 is 7.82 Å². The highest BCUT2D eigenvalue weighted by Crippen LogP contribution is 2.43. The molecule has 0 aromatic heterocycles. The average Bonchev–Trinajstić information content (AvgIpc) is 3.15. The Balaban J connectivity index is 4.20. The van der Waals surface area contributed by atoms with Crippen molar-refractivity contribution in [2.45, 2.75) is 213 Å². The van der Waals surface area contributed by atoms with E-state index in [1.165, 1.54) is 116 Å². The second kappa shape index (κ2) is 41.1. The van der Waals surface area contributed by atoms with Crippen LogP contribution in [0.3, 0.4) is 0 Å². The third-order valence-electron chi connectivity index (χ3n) is 9.57. The first-order valence-corrected chi connectivity index (χ1v) is 23.8. The molecule has 0 aliphatic rings. The van der Waals surface area contributed by atoms with Gasteiger partial charge < -0.3 is 19.7 Å². The summed E-state index contributed by atoms with van der Waals surface area (Å²) in [7, 11) is -2.65. The molecule has 0 aromatic rings. The van der Waals surface area contributed by atoms with Gasteiger partial charge in [-0.3, -0.25) is 18.6 Å². The van der Waals surface area contributed by atoms with Crippen LogP contribution in [0.15, 0.2) is 24.3 Å². The molecule has 0 spiro atoms. The number of likely N-dealkylation sites (N-methyl/N-ethyl adjacent to an activating group) is 1. The van der Waals surface area contributed by atoms with E-state index < -0.39 is 26.5 Å². The van der Waals surface area contributed by atoms with Gasteiger partial charge in [-0.25, -0.2) is 4.57 Å². The molecule has 318 valence electrons. The summed E-state index contributed by atoms with van der Waals surface area (Å²) in [5.41, 5.74) is 0. The zero-order valence-corrected chi connectivity index (χ0v) is 36.1. The lowest BCUT2D eigenvalue weighted by Gasteiger charge is -2.20. The van der Waals surface area contributed by atoms with Crippen LogP contribution in [0.5, 0.6) is 0 Å². The number of phosphoric ester groups is 1. The van der Waals surface area contributed by atoms with Gasteiger partial charge in [-0.1, -0.05) is 173 Å². The summed E-state index contributed by atoms with van der Waals surface area (Å²) in [6, 6.07) is 0. The molecule has 0 bridgehead atoms. The van der Waals surface area contributed by atoms with Crippen LogP contribution in [0.4, 0.5) is 0 Å². The third kappa shape index (κ3) is 40.2. The molecule has 2 unspecified atom stereocenters. The number of nitrogens with one attached hydrogen (secondary N) is 1. The van der Waals surface area contributed by atoms with Crippen LogP contribution in [0.1, 0.15) is 206 Å². The molecule has 0 aliphatic carbocycles. The Morgan fingerprint density at radius 1 is 0.574 bits per heavy atom. The first-order chi connectivity index (χ1) is 26.3. The van der Waals surface area contributed by atoms with Gasteiger partial charge in [0.2, 0.25) is 0 Å². The van der Waals surface area contributed by atoms with Crippen LogP contribution < -0.4 is 5.32 Å².